The van der Waals surface area contributed by atoms with Gasteiger partial charge in [0.05, 0.1) is 12.9 Å². The molecule has 3 rings (SSSR count). The van der Waals surface area contributed by atoms with Gasteiger partial charge in [-0.05, 0) is 42.0 Å². The number of amides is 1. The third-order valence-electron chi connectivity index (χ3n) is 3.82. The normalized spacial score (nSPS) is 10.6. The molecule has 6 nitrogen and oxygen atoms in total. The number of rotatable bonds is 7. The van der Waals surface area contributed by atoms with Crippen molar-refractivity contribution in [3.05, 3.63) is 59.1 Å². The maximum Gasteiger partial charge on any atom is 0.277 e. The van der Waals surface area contributed by atoms with Gasteiger partial charge in [0.25, 0.3) is 5.22 Å². The number of methoxy groups -OCH3 is 1. The van der Waals surface area contributed by atoms with Crippen LogP contribution in [0.1, 0.15) is 5.56 Å². The number of halogens is 1. The van der Waals surface area contributed by atoms with E-state index >= 15 is 0 Å². The average molecular weight is 404 g/mol. The quantitative estimate of drug-likeness (QED) is 0.552. The molecule has 0 saturated heterocycles. The lowest BCUT2D eigenvalue weighted by Gasteiger charge is -2.16. The standard InChI is InChI=1S/C19H18ClN3O3S/c1-23(11-13-3-7-15(20)8-4-13)17(24)12-27-19-22-21-18(26-19)14-5-9-16(25-2)10-6-14/h3-10H,11-12H2,1-2H3. The molecule has 1 amide bonds. The molecule has 0 N–H and O–H groups in total. The van der Waals surface area contributed by atoms with Gasteiger partial charge in [-0.3, -0.25) is 4.79 Å². The first-order chi connectivity index (χ1) is 13.0. The number of carbonyl (C=O) groups excluding carboxylic acids is 1. The Balaban J connectivity index is 1.54. The number of hydrogen-bond donors (Lipinski definition) is 0. The summed E-state index contributed by atoms with van der Waals surface area (Å²) in [5.74, 6) is 1.34. The average Bonchev–Trinajstić information content (AvgIpc) is 3.17. The summed E-state index contributed by atoms with van der Waals surface area (Å²) in [4.78, 5) is 14.0. The lowest BCUT2D eigenvalue weighted by Crippen LogP contribution is -2.27. The number of ether oxygens (including phenoxy) is 1. The van der Waals surface area contributed by atoms with Crippen LogP contribution in [0.5, 0.6) is 5.75 Å². The van der Waals surface area contributed by atoms with Crippen molar-refractivity contribution in [3.63, 3.8) is 0 Å². The van der Waals surface area contributed by atoms with Gasteiger partial charge in [0.1, 0.15) is 5.75 Å². The second-order valence-corrected chi connectivity index (χ2v) is 7.13. The minimum atomic E-state index is -0.0286. The van der Waals surface area contributed by atoms with Crippen LogP contribution in [0.3, 0.4) is 0 Å². The Labute approximate surface area is 166 Å². The second kappa shape index (κ2) is 8.92. The molecule has 0 bridgehead atoms. The minimum Gasteiger partial charge on any atom is -0.497 e. The van der Waals surface area contributed by atoms with Crippen LogP contribution in [0.2, 0.25) is 5.02 Å². The van der Waals surface area contributed by atoms with Crippen molar-refractivity contribution in [2.24, 2.45) is 0 Å². The van der Waals surface area contributed by atoms with E-state index in [1.165, 1.54) is 11.8 Å². The zero-order valence-electron chi connectivity index (χ0n) is 14.9. The molecule has 0 fully saturated rings. The highest BCUT2D eigenvalue weighted by Crippen LogP contribution is 2.25. The summed E-state index contributed by atoms with van der Waals surface area (Å²) in [6, 6.07) is 14.7. The number of aromatic nitrogens is 2. The largest absolute Gasteiger partial charge is 0.497 e. The van der Waals surface area contributed by atoms with Crippen molar-refractivity contribution in [2.45, 2.75) is 11.8 Å². The fraction of sp³-hybridized carbons (Fsp3) is 0.211. The molecule has 0 spiro atoms. The van der Waals surface area contributed by atoms with Gasteiger partial charge < -0.3 is 14.1 Å². The van der Waals surface area contributed by atoms with Crippen LogP contribution >= 0.6 is 23.4 Å². The van der Waals surface area contributed by atoms with Crippen LogP contribution in [0.15, 0.2) is 58.2 Å². The van der Waals surface area contributed by atoms with Gasteiger partial charge >= 0.3 is 0 Å². The summed E-state index contributed by atoms with van der Waals surface area (Å²) in [5, 5.41) is 9.04. The summed E-state index contributed by atoms with van der Waals surface area (Å²) < 4.78 is 10.7. The lowest BCUT2D eigenvalue weighted by atomic mass is 10.2. The van der Waals surface area contributed by atoms with Crippen molar-refractivity contribution in [1.29, 1.82) is 0 Å². The smallest absolute Gasteiger partial charge is 0.277 e. The first-order valence-corrected chi connectivity index (χ1v) is 9.50. The summed E-state index contributed by atoms with van der Waals surface area (Å²) in [7, 11) is 3.37. The van der Waals surface area contributed by atoms with Gasteiger partial charge in [0.2, 0.25) is 11.8 Å². The lowest BCUT2D eigenvalue weighted by molar-refractivity contribution is -0.127. The van der Waals surface area contributed by atoms with Gasteiger partial charge in [-0.2, -0.15) is 0 Å². The van der Waals surface area contributed by atoms with E-state index in [1.54, 1.807) is 19.1 Å². The molecule has 3 aromatic rings. The molecule has 0 aliphatic carbocycles. The highest BCUT2D eigenvalue weighted by atomic mass is 35.5. The zero-order chi connectivity index (χ0) is 19.2. The monoisotopic (exact) mass is 403 g/mol. The number of carbonyl (C=O) groups is 1. The molecule has 27 heavy (non-hydrogen) atoms. The highest BCUT2D eigenvalue weighted by Gasteiger charge is 2.14. The zero-order valence-corrected chi connectivity index (χ0v) is 16.5. The van der Waals surface area contributed by atoms with E-state index in [-0.39, 0.29) is 11.7 Å². The Morgan fingerprint density at radius 2 is 1.85 bits per heavy atom. The molecular weight excluding hydrogens is 386 g/mol. The number of nitrogens with zero attached hydrogens (tertiary/aromatic N) is 3. The number of thioether (sulfide) groups is 1. The Bertz CT molecular complexity index is 897. The van der Waals surface area contributed by atoms with Gasteiger partial charge in [-0.25, -0.2) is 0 Å². The topological polar surface area (TPSA) is 68.5 Å². The molecule has 1 aromatic heterocycles. The molecule has 140 valence electrons. The van der Waals surface area contributed by atoms with Crippen LogP contribution in [-0.4, -0.2) is 40.9 Å². The van der Waals surface area contributed by atoms with Gasteiger partial charge in [-0.1, -0.05) is 35.5 Å². The first-order valence-electron chi connectivity index (χ1n) is 8.14. The molecule has 2 aromatic carbocycles. The second-order valence-electron chi connectivity index (χ2n) is 5.77. The molecule has 8 heteroatoms. The van der Waals surface area contributed by atoms with E-state index in [2.05, 4.69) is 10.2 Å². The summed E-state index contributed by atoms with van der Waals surface area (Å²) in [6.45, 7) is 0.511. The third kappa shape index (κ3) is 5.24. The van der Waals surface area contributed by atoms with Crippen LogP contribution in [0.25, 0.3) is 11.5 Å². The number of hydrogen-bond acceptors (Lipinski definition) is 6. The van der Waals surface area contributed by atoms with E-state index in [1.807, 2.05) is 48.5 Å². The SMILES string of the molecule is COc1ccc(-c2nnc(SCC(=O)N(C)Cc3ccc(Cl)cc3)o2)cc1. The van der Waals surface area contributed by atoms with Gasteiger partial charge in [0, 0.05) is 24.2 Å². The molecule has 0 saturated carbocycles. The molecule has 0 unspecified atom stereocenters. The number of benzene rings is 2. The molecule has 0 atom stereocenters. The van der Waals surface area contributed by atoms with E-state index < -0.39 is 0 Å². The predicted octanol–water partition coefficient (Wildman–Crippen LogP) is 4.15. The Kier molecular flexibility index (Phi) is 6.36. The van der Waals surface area contributed by atoms with Crippen LogP contribution in [-0.2, 0) is 11.3 Å². The van der Waals surface area contributed by atoms with Crippen molar-refractivity contribution >= 4 is 29.3 Å². The summed E-state index contributed by atoms with van der Waals surface area (Å²) >= 11 is 7.09. The van der Waals surface area contributed by atoms with Crippen LogP contribution < -0.4 is 4.74 Å². The maximum atomic E-state index is 12.3. The van der Waals surface area contributed by atoms with Crippen molar-refractivity contribution < 1.29 is 13.9 Å². The van der Waals surface area contributed by atoms with Crippen molar-refractivity contribution in [1.82, 2.24) is 15.1 Å². The Morgan fingerprint density at radius 3 is 2.52 bits per heavy atom. The highest BCUT2D eigenvalue weighted by molar-refractivity contribution is 7.99. The van der Waals surface area contributed by atoms with Crippen LogP contribution in [0, 0.1) is 0 Å². The Morgan fingerprint density at radius 1 is 1.15 bits per heavy atom. The molecule has 1 heterocycles. The molecular formula is C19H18ClN3O3S. The van der Waals surface area contributed by atoms with Gasteiger partial charge in [-0.15, -0.1) is 10.2 Å². The molecule has 0 radical (unpaired) electrons. The third-order valence-corrected chi connectivity index (χ3v) is 4.88. The fourth-order valence-electron chi connectivity index (χ4n) is 2.30. The first kappa shape index (κ1) is 19.3. The molecule has 0 aliphatic heterocycles. The van der Waals surface area contributed by atoms with E-state index in [4.69, 9.17) is 20.8 Å². The molecule has 0 aliphatic rings. The summed E-state index contributed by atoms with van der Waals surface area (Å²) in [6.07, 6.45) is 0. The predicted molar refractivity (Wildman–Crippen MR) is 105 cm³/mol. The van der Waals surface area contributed by atoms with E-state index in [9.17, 15) is 4.79 Å². The fourth-order valence-corrected chi connectivity index (χ4v) is 3.13. The van der Waals surface area contributed by atoms with Crippen LogP contribution in [0.4, 0.5) is 0 Å². The maximum absolute atomic E-state index is 12.3. The van der Waals surface area contributed by atoms with Crippen molar-refractivity contribution in [3.8, 4) is 17.2 Å². The summed E-state index contributed by atoms with van der Waals surface area (Å²) in [5.41, 5.74) is 1.81. The Hall–Kier alpha value is -2.51. The van der Waals surface area contributed by atoms with Gasteiger partial charge in [0.15, 0.2) is 0 Å². The van der Waals surface area contributed by atoms with E-state index in [0.717, 1.165) is 16.9 Å². The minimum absolute atomic E-state index is 0.0286. The van der Waals surface area contributed by atoms with Crippen molar-refractivity contribution in [2.75, 3.05) is 19.9 Å². The van der Waals surface area contributed by atoms with E-state index in [0.29, 0.717) is 22.7 Å².